The van der Waals surface area contributed by atoms with Crippen LogP contribution in [0.25, 0.3) is 6.08 Å². The van der Waals surface area contributed by atoms with Gasteiger partial charge in [0.1, 0.15) is 11.6 Å². The summed E-state index contributed by atoms with van der Waals surface area (Å²) in [4.78, 5) is 9.10. The van der Waals surface area contributed by atoms with Crippen LogP contribution in [0.15, 0.2) is 18.3 Å². The Morgan fingerprint density at radius 2 is 1.86 bits per heavy atom. The van der Waals surface area contributed by atoms with Crippen molar-refractivity contribution in [3.8, 4) is 0 Å². The first-order valence-corrected chi connectivity index (χ1v) is 3.84. The highest BCUT2D eigenvalue weighted by Crippen LogP contribution is 2.19. The zero-order valence-corrected chi connectivity index (χ0v) is 7.46. The second kappa shape index (κ2) is 4.15. The topological polar surface area (TPSA) is 43.1 Å². The SMILES string of the molecule is O=[N+]([O-])/C=C/c1c(F)cc(Cl)cc1F. The Kier molecular flexibility index (Phi) is 3.14. The van der Waals surface area contributed by atoms with Crippen LogP contribution in [0.1, 0.15) is 5.56 Å². The average molecular weight is 220 g/mol. The van der Waals surface area contributed by atoms with Crippen LogP contribution >= 0.6 is 11.6 Å². The summed E-state index contributed by atoms with van der Waals surface area (Å²) in [5.74, 6) is -1.87. The molecule has 0 atom stereocenters. The quantitative estimate of drug-likeness (QED) is 0.567. The molecule has 74 valence electrons. The summed E-state index contributed by atoms with van der Waals surface area (Å²) in [7, 11) is 0. The summed E-state index contributed by atoms with van der Waals surface area (Å²) in [6.07, 6.45) is 1.19. The molecule has 0 unspecified atom stereocenters. The Balaban J connectivity index is 3.15. The van der Waals surface area contributed by atoms with Gasteiger partial charge in [-0.25, -0.2) is 8.78 Å². The molecule has 0 aliphatic heterocycles. The summed E-state index contributed by atoms with van der Waals surface area (Å²) in [6.45, 7) is 0. The standard InChI is InChI=1S/C8H4ClF2NO2/c9-5-3-7(10)6(8(11)4-5)1-2-12(13)14/h1-4H/b2-1+. The van der Waals surface area contributed by atoms with E-state index in [1.165, 1.54) is 0 Å². The lowest BCUT2D eigenvalue weighted by molar-refractivity contribution is -0.401. The maximum absolute atomic E-state index is 13.0. The maximum atomic E-state index is 13.0. The molecular formula is C8H4ClF2NO2. The van der Waals surface area contributed by atoms with Crippen molar-refractivity contribution in [1.82, 2.24) is 0 Å². The summed E-state index contributed by atoms with van der Waals surface area (Å²) >= 11 is 5.35. The van der Waals surface area contributed by atoms with Gasteiger partial charge < -0.3 is 0 Å². The van der Waals surface area contributed by atoms with Gasteiger partial charge in [0.25, 0.3) is 0 Å². The number of hydrogen-bond donors (Lipinski definition) is 0. The molecular weight excluding hydrogens is 216 g/mol. The molecule has 0 aromatic heterocycles. The summed E-state index contributed by atoms with van der Waals surface area (Å²) in [5.41, 5.74) is -0.480. The van der Waals surface area contributed by atoms with E-state index < -0.39 is 22.1 Å². The van der Waals surface area contributed by atoms with Gasteiger partial charge in [0, 0.05) is 11.1 Å². The van der Waals surface area contributed by atoms with Crippen molar-refractivity contribution in [3.63, 3.8) is 0 Å². The lowest BCUT2D eigenvalue weighted by Crippen LogP contribution is -1.90. The fourth-order valence-corrected chi connectivity index (χ4v) is 1.04. The highest BCUT2D eigenvalue weighted by atomic mass is 35.5. The van der Waals surface area contributed by atoms with Gasteiger partial charge in [-0.1, -0.05) is 11.6 Å². The van der Waals surface area contributed by atoms with Gasteiger partial charge in [-0.15, -0.1) is 0 Å². The normalized spacial score (nSPS) is 10.8. The second-order valence-electron chi connectivity index (χ2n) is 2.38. The molecule has 6 heteroatoms. The monoisotopic (exact) mass is 219 g/mol. The maximum Gasteiger partial charge on any atom is 0.235 e. The number of hydrogen-bond acceptors (Lipinski definition) is 2. The Hall–Kier alpha value is -1.49. The number of rotatable bonds is 2. The van der Waals surface area contributed by atoms with Gasteiger partial charge in [-0.2, -0.15) is 0 Å². The van der Waals surface area contributed by atoms with E-state index in [0.29, 0.717) is 6.20 Å². The van der Waals surface area contributed by atoms with Crippen LogP contribution in [0.4, 0.5) is 8.78 Å². The van der Waals surface area contributed by atoms with Crippen molar-refractivity contribution in [3.05, 3.63) is 50.7 Å². The van der Waals surface area contributed by atoms with Crippen molar-refractivity contribution in [2.75, 3.05) is 0 Å². The molecule has 0 aliphatic carbocycles. The van der Waals surface area contributed by atoms with Gasteiger partial charge in [-0.3, -0.25) is 10.1 Å². The van der Waals surface area contributed by atoms with E-state index in [1.54, 1.807) is 0 Å². The van der Waals surface area contributed by atoms with Gasteiger partial charge in [0.15, 0.2) is 0 Å². The molecule has 0 saturated heterocycles. The highest BCUT2D eigenvalue weighted by molar-refractivity contribution is 6.30. The minimum atomic E-state index is -0.937. The molecule has 0 aliphatic rings. The van der Waals surface area contributed by atoms with Gasteiger partial charge in [0.05, 0.1) is 10.5 Å². The molecule has 3 nitrogen and oxygen atoms in total. The Morgan fingerprint density at radius 1 is 1.36 bits per heavy atom. The molecule has 0 radical (unpaired) electrons. The van der Waals surface area contributed by atoms with Crippen molar-refractivity contribution >= 4 is 17.7 Å². The van der Waals surface area contributed by atoms with Crippen molar-refractivity contribution < 1.29 is 13.7 Å². The van der Waals surface area contributed by atoms with Gasteiger partial charge >= 0.3 is 0 Å². The minimum absolute atomic E-state index is 0.0988. The van der Waals surface area contributed by atoms with E-state index in [9.17, 15) is 18.9 Å². The predicted octanol–water partition coefficient (Wildman–Crippen LogP) is 2.87. The minimum Gasteiger partial charge on any atom is -0.259 e. The molecule has 0 N–H and O–H groups in total. The molecule has 0 heterocycles. The van der Waals surface area contributed by atoms with Crippen molar-refractivity contribution in [2.45, 2.75) is 0 Å². The van der Waals surface area contributed by atoms with Crippen molar-refractivity contribution in [1.29, 1.82) is 0 Å². The molecule has 0 amide bonds. The first-order valence-electron chi connectivity index (χ1n) is 3.47. The first kappa shape index (κ1) is 10.6. The van der Waals surface area contributed by atoms with Crippen LogP contribution < -0.4 is 0 Å². The fraction of sp³-hybridized carbons (Fsp3) is 0. The number of nitro groups is 1. The van der Waals surface area contributed by atoms with E-state index in [0.717, 1.165) is 18.2 Å². The number of benzene rings is 1. The second-order valence-corrected chi connectivity index (χ2v) is 2.82. The largest absolute Gasteiger partial charge is 0.259 e. The lowest BCUT2D eigenvalue weighted by atomic mass is 10.2. The molecule has 0 bridgehead atoms. The Morgan fingerprint density at radius 3 is 2.29 bits per heavy atom. The van der Waals surface area contributed by atoms with E-state index in [2.05, 4.69) is 0 Å². The van der Waals surface area contributed by atoms with Crippen LogP contribution in [0.3, 0.4) is 0 Å². The van der Waals surface area contributed by atoms with E-state index >= 15 is 0 Å². The lowest BCUT2D eigenvalue weighted by Gasteiger charge is -1.98. The number of nitrogens with zero attached hydrogens (tertiary/aromatic N) is 1. The molecule has 0 saturated carbocycles. The predicted molar refractivity (Wildman–Crippen MR) is 47.4 cm³/mol. The Labute approximate surface area is 82.8 Å². The smallest absolute Gasteiger partial charge is 0.235 e. The van der Waals surface area contributed by atoms with Gasteiger partial charge in [-0.05, 0) is 12.1 Å². The summed E-state index contributed by atoms with van der Waals surface area (Å²) in [5, 5.41) is 9.81. The molecule has 14 heavy (non-hydrogen) atoms. The van der Waals surface area contributed by atoms with Crippen molar-refractivity contribution in [2.24, 2.45) is 0 Å². The zero-order chi connectivity index (χ0) is 10.7. The third-order valence-electron chi connectivity index (χ3n) is 1.41. The molecule has 1 rings (SSSR count). The van der Waals surface area contributed by atoms with E-state index in [-0.39, 0.29) is 5.02 Å². The average Bonchev–Trinajstić information content (AvgIpc) is 2.01. The molecule has 0 fully saturated rings. The third-order valence-corrected chi connectivity index (χ3v) is 1.62. The number of halogens is 3. The summed E-state index contributed by atoms with van der Waals surface area (Å²) in [6, 6.07) is 1.76. The first-order chi connectivity index (χ1) is 6.50. The summed E-state index contributed by atoms with van der Waals surface area (Å²) < 4.78 is 25.9. The molecule has 1 aromatic carbocycles. The van der Waals surface area contributed by atoms with Crippen LogP contribution in [0.5, 0.6) is 0 Å². The Bertz CT molecular complexity index is 383. The zero-order valence-electron chi connectivity index (χ0n) is 6.71. The van der Waals surface area contributed by atoms with Crippen LogP contribution in [-0.2, 0) is 0 Å². The van der Waals surface area contributed by atoms with Crippen LogP contribution in [0, 0.1) is 21.7 Å². The van der Waals surface area contributed by atoms with Crippen LogP contribution in [-0.4, -0.2) is 4.92 Å². The fourth-order valence-electron chi connectivity index (χ4n) is 0.848. The van der Waals surface area contributed by atoms with Crippen LogP contribution in [0.2, 0.25) is 5.02 Å². The van der Waals surface area contributed by atoms with E-state index in [4.69, 9.17) is 11.6 Å². The third kappa shape index (κ3) is 2.50. The van der Waals surface area contributed by atoms with Gasteiger partial charge in [0.2, 0.25) is 6.20 Å². The molecule has 0 spiro atoms. The highest BCUT2D eigenvalue weighted by Gasteiger charge is 2.08. The molecule has 1 aromatic rings. The van der Waals surface area contributed by atoms with E-state index in [1.807, 2.05) is 0 Å².